The van der Waals surface area contributed by atoms with Crippen molar-refractivity contribution in [2.24, 2.45) is 11.7 Å². The maximum atomic E-state index is 11.9. The molecular weight excluding hydrogens is 394 g/mol. The molecule has 0 fully saturated rings. The number of rotatable bonds is 15. The Balaban J connectivity index is 4.34. The number of hydrogen-bond donors (Lipinski definition) is 5. The molecule has 0 rings (SSSR count). The first kappa shape index (κ1) is 28.5. The summed E-state index contributed by atoms with van der Waals surface area (Å²) in [6, 6.07) is -0.724. The molecule has 0 radical (unpaired) electrons. The SMILES string of the molecule is CC(C)=CCCC(C)=CCCC(C)=CCCCC(NC(=O)CCC(=O)NN)C(=O)NN. The van der Waals surface area contributed by atoms with E-state index in [1.807, 2.05) is 5.43 Å². The lowest BCUT2D eigenvalue weighted by Gasteiger charge is -2.16. The Kier molecular flexibility index (Phi) is 15.9. The monoisotopic (exact) mass is 435 g/mol. The summed E-state index contributed by atoms with van der Waals surface area (Å²) >= 11 is 0. The van der Waals surface area contributed by atoms with E-state index in [4.69, 9.17) is 11.7 Å². The van der Waals surface area contributed by atoms with Crippen molar-refractivity contribution < 1.29 is 14.4 Å². The third-order valence-corrected chi connectivity index (χ3v) is 4.85. The average Bonchev–Trinajstić information content (AvgIpc) is 2.73. The van der Waals surface area contributed by atoms with Gasteiger partial charge < -0.3 is 5.32 Å². The standard InChI is InChI=1S/C23H41N5O3/c1-17(2)9-7-11-19(4)13-8-12-18(3)10-5-6-14-20(23(31)28-25)26-21(29)15-16-22(30)27-24/h9-10,13,20H,5-8,11-12,14-16,24-25H2,1-4H3,(H,26,29)(H,27,30)(H,28,31). The predicted octanol–water partition coefficient (Wildman–Crippen LogP) is 2.82. The van der Waals surface area contributed by atoms with Gasteiger partial charge >= 0.3 is 0 Å². The highest BCUT2D eigenvalue weighted by Gasteiger charge is 2.19. The van der Waals surface area contributed by atoms with Crippen molar-refractivity contribution in [3.63, 3.8) is 0 Å². The van der Waals surface area contributed by atoms with Gasteiger partial charge in [0.05, 0.1) is 0 Å². The normalized spacial score (nSPS) is 12.7. The number of hydrazine groups is 2. The summed E-state index contributed by atoms with van der Waals surface area (Å²) in [5.74, 6) is 8.92. The zero-order chi connectivity index (χ0) is 23.6. The third kappa shape index (κ3) is 16.0. The van der Waals surface area contributed by atoms with E-state index in [9.17, 15) is 14.4 Å². The summed E-state index contributed by atoms with van der Waals surface area (Å²) in [5, 5.41) is 2.62. The summed E-state index contributed by atoms with van der Waals surface area (Å²) in [6.45, 7) is 8.53. The molecule has 0 aromatic rings. The first-order valence-electron chi connectivity index (χ1n) is 10.9. The van der Waals surface area contributed by atoms with Crippen LogP contribution in [-0.4, -0.2) is 23.8 Å². The van der Waals surface area contributed by atoms with Crippen molar-refractivity contribution in [1.82, 2.24) is 16.2 Å². The molecule has 1 unspecified atom stereocenters. The van der Waals surface area contributed by atoms with Gasteiger partial charge in [-0.3, -0.25) is 25.2 Å². The first-order chi connectivity index (χ1) is 14.7. The molecule has 0 aliphatic heterocycles. The van der Waals surface area contributed by atoms with Gasteiger partial charge in [0.15, 0.2) is 0 Å². The molecule has 0 aromatic heterocycles. The van der Waals surface area contributed by atoms with Gasteiger partial charge in [0, 0.05) is 12.8 Å². The highest BCUT2D eigenvalue weighted by Crippen LogP contribution is 2.13. The van der Waals surface area contributed by atoms with Gasteiger partial charge in [-0.15, -0.1) is 0 Å². The molecule has 0 spiro atoms. The number of unbranched alkanes of at least 4 members (excludes halogenated alkanes) is 1. The highest BCUT2D eigenvalue weighted by molar-refractivity contribution is 5.89. The lowest BCUT2D eigenvalue weighted by molar-refractivity contribution is -0.130. The molecule has 176 valence electrons. The number of nitrogens with one attached hydrogen (secondary N) is 3. The lowest BCUT2D eigenvalue weighted by Crippen LogP contribution is -2.49. The van der Waals surface area contributed by atoms with Gasteiger partial charge in [-0.2, -0.15) is 0 Å². The smallest absolute Gasteiger partial charge is 0.256 e. The van der Waals surface area contributed by atoms with Gasteiger partial charge in [-0.05, 0) is 72.6 Å². The van der Waals surface area contributed by atoms with Crippen LogP contribution in [0.1, 0.15) is 85.5 Å². The van der Waals surface area contributed by atoms with Crippen LogP contribution in [0.4, 0.5) is 0 Å². The minimum atomic E-state index is -0.724. The number of hydrogen-bond acceptors (Lipinski definition) is 5. The summed E-state index contributed by atoms with van der Waals surface area (Å²) in [7, 11) is 0. The Hall–Kier alpha value is -2.45. The minimum Gasteiger partial charge on any atom is -0.344 e. The second kappa shape index (κ2) is 17.3. The Labute approximate surface area is 186 Å². The van der Waals surface area contributed by atoms with Crippen molar-refractivity contribution in [1.29, 1.82) is 0 Å². The summed E-state index contributed by atoms with van der Waals surface area (Å²) in [6.07, 6.45) is 12.9. The number of amides is 3. The van der Waals surface area contributed by atoms with Gasteiger partial charge in [0.1, 0.15) is 6.04 Å². The van der Waals surface area contributed by atoms with Crippen LogP contribution >= 0.6 is 0 Å². The van der Waals surface area contributed by atoms with E-state index < -0.39 is 23.8 Å². The van der Waals surface area contributed by atoms with E-state index in [1.165, 1.54) is 16.7 Å². The number of carbonyl (C=O) groups excluding carboxylic acids is 3. The maximum Gasteiger partial charge on any atom is 0.256 e. The Morgan fingerprint density at radius 1 is 0.742 bits per heavy atom. The molecule has 8 nitrogen and oxygen atoms in total. The van der Waals surface area contributed by atoms with E-state index in [2.05, 4.69) is 56.7 Å². The average molecular weight is 436 g/mol. The molecule has 31 heavy (non-hydrogen) atoms. The summed E-state index contributed by atoms with van der Waals surface area (Å²) < 4.78 is 0. The zero-order valence-electron chi connectivity index (χ0n) is 19.6. The Bertz CT molecular complexity index is 664. The van der Waals surface area contributed by atoms with Crippen LogP contribution in [0.3, 0.4) is 0 Å². The van der Waals surface area contributed by atoms with Gasteiger partial charge in [-0.25, -0.2) is 11.7 Å². The van der Waals surface area contributed by atoms with E-state index in [0.29, 0.717) is 6.42 Å². The zero-order valence-corrected chi connectivity index (χ0v) is 19.6. The van der Waals surface area contributed by atoms with Crippen LogP contribution < -0.4 is 27.9 Å². The van der Waals surface area contributed by atoms with Crippen LogP contribution in [0.5, 0.6) is 0 Å². The molecule has 7 N–H and O–H groups in total. The van der Waals surface area contributed by atoms with Crippen molar-refractivity contribution in [3.05, 3.63) is 34.9 Å². The Morgan fingerprint density at radius 3 is 1.84 bits per heavy atom. The fourth-order valence-corrected chi connectivity index (χ4v) is 2.94. The molecule has 8 heteroatoms. The predicted molar refractivity (Wildman–Crippen MR) is 125 cm³/mol. The fourth-order valence-electron chi connectivity index (χ4n) is 2.94. The van der Waals surface area contributed by atoms with Crippen LogP contribution in [0, 0.1) is 0 Å². The van der Waals surface area contributed by atoms with Crippen molar-refractivity contribution in [2.75, 3.05) is 0 Å². The number of carbonyl (C=O) groups is 3. The minimum absolute atomic E-state index is 0.0376. The molecule has 0 saturated carbocycles. The van der Waals surface area contributed by atoms with Crippen LogP contribution in [0.15, 0.2) is 34.9 Å². The van der Waals surface area contributed by atoms with Gasteiger partial charge in [0.25, 0.3) is 5.91 Å². The summed E-state index contributed by atoms with van der Waals surface area (Å²) in [4.78, 5) is 35.0. The highest BCUT2D eigenvalue weighted by atomic mass is 16.2. The molecular formula is C23H41N5O3. The van der Waals surface area contributed by atoms with E-state index in [1.54, 1.807) is 0 Å². The second-order valence-electron chi connectivity index (χ2n) is 8.09. The molecule has 0 bridgehead atoms. The van der Waals surface area contributed by atoms with Crippen molar-refractivity contribution in [3.8, 4) is 0 Å². The van der Waals surface area contributed by atoms with Gasteiger partial charge in [-0.1, -0.05) is 34.9 Å². The van der Waals surface area contributed by atoms with Crippen LogP contribution in [0.25, 0.3) is 0 Å². The van der Waals surface area contributed by atoms with E-state index in [0.717, 1.165) is 38.5 Å². The Morgan fingerprint density at radius 2 is 1.29 bits per heavy atom. The molecule has 1 atom stereocenters. The fraction of sp³-hybridized carbons (Fsp3) is 0.609. The van der Waals surface area contributed by atoms with Crippen LogP contribution in [-0.2, 0) is 14.4 Å². The van der Waals surface area contributed by atoms with Crippen molar-refractivity contribution in [2.45, 2.75) is 91.5 Å². The number of nitrogens with two attached hydrogens (primary N) is 2. The molecule has 0 saturated heterocycles. The molecule has 3 amide bonds. The third-order valence-electron chi connectivity index (χ3n) is 4.85. The summed E-state index contributed by atoms with van der Waals surface area (Å²) in [5.41, 5.74) is 8.12. The number of allylic oxidation sites excluding steroid dienone is 6. The molecule has 0 aliphatic rings. The van der Waals surface area contributed by atoms with Crippen LogP contribution in [0.2, 0.25) is 0 Å². The quantitative estimate of drug-likeness (QED) is 0.0885. The van der Waals surface area contributed by atoms with E-state index >= 15 is 0 Å². The topological polar surface area (TPSA) is 139 Å². The van der Waals surface area contributed by atoms with Crippen molar-refractivity contribution >= 4 is 17.7 Å². The maximum absolute atomic E-state index is 11.9. The van der Waals surface area contributed by atoms with Gasteiger partial charge in [0.2, 0.25) is 11.8 Å². The largest absolute Gasteiger partial charge is 0.344 e. The molecule has 0 aromatic carbocycles. The first-order valence-corrected chi connectivity index (χ1v) is 10.9. The second-order valence-corrected chi connectivity index (χ2v) is 8.09. The molecule has 0 aliphatic carbocycles. The van der Waals surface area contributed by atoms with E-state index in [-0.39, 0.29) is 12.8 Å². The molecule has 0 heterocycles. The lowest BCUT2D eigenvalue weighted by atomic mass is 10.0.